The molecule has 3 aromatic carbocycles. The van der Waals surface area contributed by atoms with E-state index in [1.807, 2.05) is 18.2 Å². The van der Waals surface area contributed by atoms with Gasteiger partial charge in [-0.15, -0.1) is 11.8 Å². The van der Waals surface area contributed by atoms with Crippen LogP contribution in [0.25, 0.3) is 24.3 Å². The Morgan fingerprint density at radius 2 is 1.32 bits per heavy atom. The Morgan fingerprint density at radius 3 is 1.84 bits per heavy atom. The van der Waals surface area contributed by atoms with Crippen molar-refractivity contribution in [2.75, 3.05) is 0 Å². The minimum absolute atomic E-state index is 0.123. The lowest BCUT2D eigenvalue weighted by molar-refractivity contribution is 0.590. The van der Waals surface area contributed by atoms with E-state index < -0.39 is 0 Å². The second-order valence-corrected chi connectivity index (χ2v) is 11.6. The minimum Gasteiger partial charge on any atom is -0.241 e. The van der Waals surface area contributed by atoms with Gasteiger partial charge in [-0.25, -0.2) is 4.98 Å². The van der Waals surface area contributed by atoms with Crippen LogP contribution in [-0.4, -0.2) is 4.98 Å². The second kappa shape index (κ2) is 12.1. The zero-order valence-electron chi connectivity index (χ0n) is 22.8. The van der Waals surface area contributed by atoms with Crippen molar-refractivity contribution in [3.8, 4) is 6.07 Å². The molecule has 1 heterocycles. The fraction of sp³-hybridized carbons (Fsp3) is 0.200. The summed E-state index contributed by atoms with van der Waals surface area (Å²) in [6.07, 6.45) is 8.18. The summed E-state index contributed by atoms with van der Waals surface area (Å²) in [6, 6.07) is 30.0. The second-order valence-electron chi connectivity index (χ2n) is 10.7. The number of benzene rings is 3. The molecule has 3 heteroatoms. The summed E-state index contributed by atoms with van der Waals surface area (Å²) in [5.74, 6) is 0.748. The van der Waals surface area contributed by atoms with Crippen LogP contribution in [-0.2, 0) is 11.2 Å². The Hall–Kier alpha value is -3.87. The van der Waals surface area contributed by atoms with E-state index in [0.717, 1.165) is 33.2 Å². The lowest BCUT2D eigenvalue weighted by Gasteiger charge is -2.19. The van der Waals surface area contributed by atoms with Gasteiger partial charge < -0.3 is 0 Å². The molecule has 0 aliphatic rings. The van der Waals surface area contributed by atoms with Gasteiger partial charge in [0.05, 0.1) is 11.3 Å². The first-order valence-corrected chi connectivity index (χ1v) is 13.9. The maximum atomic E-state index is 10.1. The Kier molecular flexibility index (Phi) is 8.66. The fourth-order valence-electron chi connectivity index (χ4n) is 3.97. The van der Waals surface area contributed by atoms with Gasteiger partial charge in [0.25, 0.3) is 0 Å². The molecule has 1 aromatic heterocycles. The molecule has 0 unspecified atom stereocenters. The molecule has 190 valence electrons. The molecule has 38 heavy (non-hydrogen) atoms. The van der Waals surface area contributed by atoms with Gasteiger partial charge in [-0.2, -0.15) is 5.26 Å². The molecular weight excluding hydrogens is 480 g/mol. The molecule has 2 nitrogen and oxygen atoms in total. The molecule has 0 spiro atoms. The van der Waals surface area contributed by atoms with E-state index in [1.165, 1.54) is 22.3 Å². The number of hydrogen-bond donors (Lipinski definition) is 0. The Balaban J connectivity index is 1.66. The first-order valence-electron chi connectivity index (χ1n) is 12.9. The monoisotopic (exact) mass is 514 g/mol. The van der Waals surface area contributed by atoms with Gasteiger partial charge in [0.15, 0.2) is 0 Å². The van der Waals surface area contributed by atoms with Crippen LogP contribution in [0.2, 0.25) is 0 Å². The van der Waals surface area contributed by atoms with Crippen molar-refractivity contribution in [3.05, 3.63) is 129 Å². The average molecular weight is 515 g/mol. The quantitative estimate of drug-likeness (QED) is 0.230. The summed E-state index contributed by atoms with van der Waals surface area (Å²) < 4.78 is 0. The third-order valence-electron chi connectivity index (χ3n) is 6.40. The van der Waals surface area contributed by atoms with Crippen molar-refractivity contribution >= 4 is 36.1 Å². The van der Waals surface area contributed by atoms with E-state index in [-0.39, 0.29) is 5.41 Å². The van der Waals surface area contributed by atoms with E-state index in [1.54, 1.807) is 11.8 Å². The highest BCUT2D eigenvalue weighted by atomic mass is 32.2. The summed E-state index contributed by atoms with van der Waals surface area (Å²) in [5, 5.41) is 10.9. The van der Waals surface area contributed by atoms with Crippen LogP contribution in [0.5, 0.6) is 0 Å². The molecule has 4 rings (SSSR count). The van der Waals surface area contributed by atoms with Gasteiger partial charge in [0.2, 0.25) is 0 Å². The summed E-state index contributed by atoms with van der Waals surface area (Å²) in [4.78, 5) is 4.90. The van der Waals surface area contributed by atoms with Gasteiger partial charge in [0, 0.05) is 5.75 Å². The van der Waals surface area contributed by atoms with E-state index in [4.69, 9.17) is 4.98 Å². The number of hydrogen-bond acceptors (Lipinski definition) is 3. The molecule has 0 fully saturated rings. The predicted octanol–water partition coefficient (Wildman–Crippen LogP) is 9.50. The largest absolute Gasteiger partial charge is 0.241 e. The van der Waals surface area contributed by atoms with Crippen LogP contribution in [0.3, 0.4) is 0 Å². The van der Waals surface area contributed by atoms with Crippen LogP contribution in [0.15, 0.2) is 83.9 Å². The van der Waals surface area contributed by atoms with Gasteiger partial charge in [-0.05, 0) is 59.2 Å². The molecule has 0 atom stereocenters. The van der Waals surface area contributed by atoms with Gasteiger partial charge >= 0.3 is 0 Å². The van der Waals surface area contributed by atoms with Gasteiger partial charge in [-0.1, -0.05) is 123 Å². The molecule has 0 N–H and O–H groups in total. The van der Waals surface area contributed by atoms with Crippen LogP contribution >= 0.6 is 11.8 Å². The van der Waals surface area contributed by atoms with Gasteiger partial charge in [-0.3, -0.25) is 0 Å². The summed E-state index contributed by atoms with van der Waals surface area (Å²) >= 11 is 1.61. The highest BCUT2D eigenvalue weighted by Gasteiger charge is 2.14. The van der Waals surface area contributed by atoms with Crippen molar-refractivity contribution in [1.82, 2.24) is 4.98 Å². The summed E-state index contributed by atoms with van der Waals surface area (Å²) in [7, 11) is 0. The fourth-order valence-corrected chi connectivity index (χ4v) is 4.94. The lowest BCUT2D eigenvalue weighted by atomic mass is 9.87. The SMILES string of the molecule is Cc1ccc(/C=C\c2cc(/C=C/c3ccc(C)cc3)nc(SCc3ccc(C(C)(C)C)cc3)c2C#N)cc1. The zero-order valence-corrected chi connectivity index (χ0v) is 23.6. The topological polar surface area (TPSA) is 36.7 Å². The Labute approximate surface area is 231 Å². The van der Waals surface area contributed by atoms with Crippen LogP contribution in [0, 0.1) is 25.2 Å². The summed E-state index contributed by atoms with van der Waals surface area (Å²) in [6.45, 7) is 10.8. The standard InChI is InChI=1S/C35H34N2S/c1-25-6-10-27(11-7-25)14-18-30-22-32(21-17-28-12-8-26(2)9-13-28)37-34(33(30)23-36)38-24-29-15-19-31(20-16-29)35(3,4)5/h6-22H,24H2,1-5H3/b18-14-,21-17+. The lowest BCUT2D eigenvalue weighted by Crippen LogP contribution is -2.10. The predicted molar refractivity (Wildman–Crippen MR) is 164 cm³/mol. The molecule has 0 saturated heterocycles. The first-order chi connectivity index (χ1) is 18.2. The molecule has 0 bridgehead atoms. The van der Waals surface area contributed by atoms with E-state index >= 15 is 0 Å². The third-order valence-corrected chi connectivity index (χ3v) is 7.45. The zero-order chi connectivity index (χ0) is 27.1. The molecule has 0 amide bonds. The first kappa shape index (κ1) is 27.2. The smallest absolute Gasteiger partial charge is 0.115 e. The molecule has 0 radical (unpaired) electrons. The maximum Gasteiger partial charge on any atom is 0.115 e. The van der Waals surface area contributed by atoms with Crippen LogP contribution in [0.1, 0.15) is 71.0 Å². The van der Waals surface area contributed by atoms with Crippen LogP contribution in [0.4, 0.5) is 0 Å². The van der Waals surface area contributed by atoms with Crippen molar-refractivity contribution in [2.45, 2.75) is 50.8 Å². The number of aromatic nitrogens is 1. The Bertz CT molecular complexity index is 1480. The number of nitrogens with zero attached hydrogens (tertiary/aromatic N) is 2. The van der Waals surface area contributed by atoms with Gasteiger partial charge in [0.1, 0.15) is 11.1 Å². The Morgan fingerprint density at radius 1 is 0.763 bits per heavy atom. The molecule has 0 aliphatic carbocycles. The molecule has 4 aromatic rings. The summed E-state index contributed by atoms with van der Waals surface area (Å²) in [5.41, 5.74) is 9.64. The highest BCUT2D eigenvalue weighted by molar-refractivity contribution is 7.98. The van der Waals surface area contributed by atoms with Crippen LogP contribution < -0.4 is 0 Å². The maximum absolute atomic E-state index is 10.1. The number of pyridine rings is 1. The number of rotatable bonds is 7. The van der Waals surface area contributed by atoms with Crippen molar-refractivity contribution in [1.29, 1.82) is 5.26 Å². The van der Waals surface area contributed by atoms with Crippen molar-refractivity contribution in [3.63, 3.8) is 0 Å². The number of aryl methyl sites for hydroxylation is 2. The third kappa shape index (κ3) is 7.34. The normalized spacial score (nSPS) is 11.8. The molecular formula is C35H34N2S. The van der Waals surface area contributed by atoms with E-state index in [2.05, 4.69) is 126 Å². The van der Waals surface area contributed by atoms with Crippen molar-refractivity contribution < 1.29 is 0 Å². The molecule has 0 saturated carbocycles. The highest BCUT2D eigenvalue weighted by Crippen LogP contribution is 2.30. The van der Waals surface area contributed by atoms with E-state index in [9.17, 15) is 5.26 Å². The number of thioether (sulfide) groups is 1. The molecule has 0 aliphatic heterocycles. The van der Waals surface area contributed by atoms with E-state index in [0.29, 0.717) is 5.56 Å². The minimum atomic E-state index is 0.123. The average Bonchev–Trinajstić information content (AvgIpc) is 2.91. The van der Waals surface area contributed by atoms with Crippen molar-refractivity contribution in [2.24, 2.45) is 0 Å². The number of nitriles is 1.